The second-order valence-corrected chi connectivity index (χ2v) is 9.73. The predicted octanol–water partition coefficient (Wildman–Crippen LogP) is 6.04. The van der Waals surface area contributed by atoms with Crippen LogP contribution in [0.1, 0.15) is 10.4 Å². The Balaban J connectivity index is 1.73. The summed E-state index contributed by atoms with van der Waals surface area (Å²) in [6.45, 7) is 0. The van der Waals surface area contributed by atoms with E-state index in [0.29, 0.717) is 22.1 Å². The molecule has 0 aliphatic heterocycles. The Morgan fingerprint density at radius 1 is 0.971 bits per heavy atom. The maximum absolute atomic E-state index is 13.0. The molecular formula is C24H18BrN3O5S. The highest BCUT2D eigenvalue weighted by atomic mass is 79.9. The number of carbonyl (C=O) groups is 1. The van der Waals surface area contributed by atoms with Crippen LogP contribution in [-0.2, 0) is 10.0 Å². The number of aromatic hydroxyl groups is 1. The molecule has 0 heterocycles. The smallest absolute Gasteiger partial charge is 0.295 e. The molecule has 0 aromatic heterocycles. The summed E-state index contributed by atoms with van der Waals surface area (Å²) in [5.41, 5.74) is 0.429. The average molecular weight is 540 g/mol. The zero-order valence-electron chi connectivity index (χ0n) is 17.8. The van der Waals surface area contributed by atoms with Gasteiger partial charge in [0.05, 0.1) is 17.7 Å². The molecule has 8 nitrogen and oxygen atoms in total. The number of phenolic OH excluding ortho intramolecular Hbond substituents is 1. The second kappa shape index (κ2) is 9.62. The molecule has 0 spiro atoms. The van der Waals surface area contributed by atoms with Crippen molar-refractivity contribution < 1.29 is 23.1 Å². The maximum Gasteiger partial charge on any atom is 0.295 e. The van der Waals surface area contributed by atoms with Gasteiger partial charge in [-0.05, 0) is 54.6 Å². The normalized spacial score (nSPS) is 11.6. The Kier molecular flexibility index (Phi) is 6.62. The molecule has 0 unspecified atom stereocenters. The molecule has 0 bridgehead atoms. The summed E-state index contributed by atoms with van der Waals surface area (Å²) in [7, 11) is -2.48. The predicted molar refractivity (Wildman–Crippen MR) is 132 cm³/mol. The average Bonchev–Trinajstić information content (AvgIpc) is 2.85. The number of carbonyl (C=O) groups excluding carboxylic acids is 1. The van der Waals surface area contributed by atoms with Gasteiger partial charge in [-0.2, -0.15) is 0 Å². The van der Waals surface area contributed by atoms with Gasteiger partial charge in [0, 0.05) is 20.8 Å². The molecule has 34 heavy (non-hydrogen) atoms. The van der Waals surface area contributed by atoms with Gasteiger partial charge in [0.1, 0.15) is 11.4 Å². The maximum atomic E-state index is 13.0. The van der Waals surface area contributed by atoms with Gasteiger partial charge in [0.2, 0.25) is 0 Å². The van der Waals surface area contributed by atoms with E-state index in [1.54, 1.807) is 48.5 Å². The summed E-state index contributed by atoms with van der Waals surface area (Å²) < 4.78 is 34.4. The number of nitrogens with zero attached hydrogens (tertiary/aromatic N) is 2. The third-order valence-corrected chi connectivity index (χ3v) is 6.86. The Morgan fingerprint density at radius 3 is 2.26 bits per heavy atom. The second-order valence-electron chi connectivity index (χ2n) is 7.13. The first kappa shape index (κ1) is 23.4. The fourth-order valence-corrected chi connectivity index (χ4v) is 4.55. The van der Waals surface area contributed by atoms with Gasteiger partial charge in [0.25, 0.3) is 15.9 Å². The Morgan fingerprint density at radius 2 is 1.62 bits per heavy atom. The Labute approximate surface area is 204 Å². The van der Waals surface area contributed by atoms with E-state index in [-0.39, 0.29) is 22.0 Å². The number of hydrogen-bond donors (Lipinski definition) is 2. The van der Waals surface area contributed by atoms with Gasteiger partial charge in [-0.1, -0.05) is 40.2 Å². The minimum Gasteiger partial charge on any atom is -0.505 e. The molecule has 4 aromatic rings. The molecule has 4 rings (SSSR count). The molecule has 0 radical (unpaired) electrons. The molecule has 0 aliphatic rings. The number of phenols is 1. The number of anilines is 1. The number of halogens is 1. The van der Waals surface area contributed by atoms with Gasteiger partial charge in [0.15, 0.2) is 5.75 Å². The highest BCUT2D eigenvalue weighted by Crippen LogP contribution is 2.40. The number of hydrogen-bond acceptors (Lipinski definition) is 6. The van der Waals surface area contributed by atoms with Crippen LogP contribution in [0.15, 0.2) is 98.5 Å². The number of rotatable bonds is 6. The molecule has 4 aromatic carbocycles. The minimum atomic E-state index is -3.97. The summed E-state index contributed by atoms with van der Waals surface area (Å²) in [6.07, 6.45) is 0. The Hall–Kier alpha value is -3.76. The Bertz CT molecular complexity index is 1500. The van der Waals surface area contributed by atoms with E-state index < -0.39 is 15.9 Å². The van der Waals surface area contributed by atoms with Crippen LogP contribution in [0.25, 0.3) is 10.8 Å². The summed E-state index contributed by atoms with van der Waals surface area (Å²) in [5, 5.41) is 19.1. The monoisotopic (exact) mass is 539 g/mol. The lowest BCUT2D eigenvalue weighted by atomic mass is 10.1. The lowest BCUT2D eigenvalue weighted by Gasteiger charge is -2.13. The van der Waals surface area contributed by atoms with Gasteiger partial charge in [-0.15, -0.1) is 10.2 Å². The topological polar surface area (TPSA) is 117 Å². The van der Waals surface area contributed by atoms with Crippen molar-refractivity contribution in [2.24, 2.45) is 10.2 Å². The van der Waals surface area contributed by atoms with Gasteiger partial charge >= 0.3 is 0 Å². The lowest BCUT2D eigenvalue weighted by molar-refractivity contribution is 0.0995. The van der Waals surface area contributed by atoms with E-state index in [2.05, 4.69) is 30.9 Å². The van der Waals surface area contributed by atoms with Crippen molar-refractivity contribution in [1.82, 2.24) is 0 Å². The first-order valence-corrected chi connectivity index (χ1v) is 12.2. The zero-order chi connectivity index (χ0) is 24.3. The van der Waals surface area contributed by atoms with Crippen molar-refractivity contribution in [3.05, 3.63) is 88.9 Å². The molecule has 0 fully saturated rings. The van der Waals surface area contributed by atoms with Crippen molar-refractivity contribution >= 4 is 54.0 Å². The van der Waals surface area contributed by atoms with Gasteiger partial charge < -0.3 is 9.84 Å². The van der Waals surface area contributed by atoms with Crippen molar-refractivity contribution in [2.45, 2.75) is 4.90 Å². The van der Waals surface area contributed by atoms with Crippen LogP contribution >= 0.6 is 15.9 Å². The van der Waals surface area contributed by atoms with E-state index >= 15 is 0 Å². The van der Waals surface area contributed by atoms with Crippen LogP contribution in [0.2, 0.25) is 0 Å². The van der Waals surface area contributed by atoms with Crippen LogP contribution in [0.3, 0.4) is 0 Å². The number of ether oxygens (including phenoxy) is 1. The van der Waals surface area contributed by atoms with Crippen molar-refractivity contribution in [1.29, 1.82) is 0 Å². The number of amides is 1. The fraction of sp³-hybridized carbons (Fsp3) is 0.0417. The molecule has 1 amide bonds. The summed E-state index contributed by atoms with van der Waals surface area (Å²) >= 11 is 3.30. The fourth-order valence-electron chi connectivity index (χ4n) is 3.21. The number of azo groups is 1. The van der Waals surface area contributed by atoms with Crippen LogP contribution in [0, 0.1) is 0 Å². The minimum absolute atomic E-state index is 0.0269. The zero-order valence-corrected chi connectivity index (χ0v) is 20.2. The van der Waals surface area contributed by atoms with Crippen molar-refractivity contribution in [3.8, 4) is 11.5 Å². The first-order chi connectivity index (χ1) is 16.3. The van der Waals surface area contributed by atoms with Gasteiger partial charge in [-0.25, -0.2) is 8.42 Å². The van der Waals surface area contributed by atoms with Crippen LogP contribution in [0.5, 0.6) is 11.5 Å². The van der Waals surface area contributed by atoms with Crippen LogP contribution < -0.4 is 9.46 Å². The largest absolute Gasteiger partial charge is 0.505 e. The van der Waals surface area contributed by atoms with Crippen LogP contribution in [0.4, 0.5) is 11.4 Å². The summed E-state index contributed by atoms with van der Waals surface area (Å²) in [6, 6.07) is 20.5. The van der Waals surface area contributed by atoms with Crippen molar-refractivity contribution in [3.63, 3.8) is 0 Å². The van der Waals surface area contributed by atoms with E-state index in [1.165, 1.54) is 37.4 Å². The molecule has 0 saturated carbocycles. The molecule has 172 valence electrons. The first-order valence-electron chi connectivity index (χ1n) is 9.92. The molecule has 0 saturated heterocycles. The molecule has 0 atom stereocenters. The third kappa shape index (κ3) is 4.92. The third-order valence-electron chi connectivity index (χ3n) is 4.95. The molecule has 0 aliphatic carbocycles. The number of benzene rings is 4. The SMILES string of the molecule is COc1ccc(S(=O)(=O)Nc2cc(N=NC(=O)c3ccc(Br)cc3)c(O)c3ccccc23)cc1. The summed E-state index contributed by atoms with van der Waals surface area (Å²) in [4.78, 5) is 12.4. The molecule has 10 heteroatoms. The van der Waals surface area contributed by atoms with E-state index in [9.17, 15) is 18.3 Å². The van der Waals surface area contributed by atoms with Gasteiger partial charge in [-0.3, -0.25) is 9.52 Å². The number of sulfonamides is 1. The highest BCUT2D eigenvalue weighted by molar-refractivity contribution is 9.10. The van der Waals surface area contributed by atoms with Crippen LogP contribution in [-0.4, -0.2) is 26.5 Å². The molecular weight excluding hydrogens is 522 g/mol. The van der Waals surface area contributed by atoms with E-state index in [1.807, 2.05) is 0 Å². The quantitative estimate of drug-likeness (QED) is 0.228. The van der Waals surface area contributed by atoms with E-state index in [0.717, 1.165) is 4.47 Å². The number of methoxy groups -OCH3 is 1. The standard InChI is InChI=1S/C24H18BrN3O5S/c1-33-17-10-12-18(13-11-17)34(31,32)28-21-14-22(23(29)20-5-3-2-4-19(20)21)26-27-24(30)15-6-8-16(25)9-7-15/h2-14,28-29H,1H3. The van der Waals surface area contributed by atoms with Crippen molar-refractivity contribution in [2.75, 3.05) is 11.8 Å². The highest BCUT2D eigenvalue weighted by Gasteiger charge is 2.19. The van der Waals surface area contributed by atoms with E-state index in [4.69, 9.17) is 4.74 Å². The number of fused-ring (bicyclic) bond motifs is 1. The number of nitrogens with one attached hydrogen (secondary N) is 1. The molecule has 2 N–H and O–H groups in total. The summed E-state index contributed by atoms with van der Waals surface area (Å²) in [5.74, 6) is -0.317. The lowest BCUT2D eigenvalue weighted by Crippen LogP contribution is -2.13.